The Morgan fingerprint density at radius 2 is 1.74 bits per heavy atom. The molecule has 0 saturated carbocycles. The molecule has 0 unspecified atom stereocenters. The third-order valence-corrected chi connectivity index (χ3v) is 3.56. The highest BCUT2D eigenvalue weighted by atomic mass is 16.5. The van der Waals surface area contributed by atoms with E-state index in [0.717, 1.165) is 5.75 Å². The molecule has 0 fully saturated rings. The maximum Gasteiger partial charge on any atom is 0.341 e. The summed E-state index contributed by atoms with van der Waals surface area (Å²) in [5, 5.41) is 9.60. The van der Waals surface area contributed by atoms with Gasteiger partial charge in [-0.05, 0) is 24.3 Å². The lowest BCUT2D eigenvalue weighted by Crippen LogP contribution is -2.20. The van der Waals surface area contributed by atoms with Crippen molar-refractivity contribution in [1.82, 2.24) is 4.57 Å². The van der Waals surface area contributed by atoms with Crippen molar-refractivity contribution in [3.8, 4) is 5.75 Å². The number of hydrogen-bond acceptors (Lipinski definition) is 3. The zero-order valence-electron chi connectivity index (χ0n) is 12.3. The van der Waals surface area contributed by atoms with Crippen LogP contribution in [0.2, 0.25) is 0 Å². The minimum atomic E-state index is -1.22. The summed E-state index contributed by atoms with van der Waals surface area (Å²) in [5.41, 5.74) is -0.00380. The van der Waals surface area contributed by atoms with Crippen molar-refractivity contribution in [3.63, 3.8) is 0 Å². The van der Waals surface area contributed by atoms with Crippen LogP contribution < -0.4 is 10.2 Å². The first-order chi connectivity index (χ1) is 11.2. The number of aromatic nitrogens is 1. The Bertz CT molecular complexity index is 900. The average Bonchev–Trinajstić information content (AvgIpc) is 2.58. The second kappa shape index (κ2) is 6.36. The largest absolute Gasteiger partial charge is 0.492 e. The van der Waals surface area contributed by atoms with Gasteiger partial charge >= 0.3 is 5.97 Å². The lowest BCUT2D eigenvalue weighted by atomic mass is 10.1. The maximum atomic E-state index is 12.2. The highest BCUT2D eigenvalue weighted by molar-refractivity contribution is 5.92. The number of aromatic carboxylic acids is 1. The van der Waals surface area contributed by atoms with Crippen LogP contribution in [-0.4, -0.2) is 22.2 Å². The standard InChI is InChI=1S/C18H15NO4/c20-17-14-8-4-5-9-16(14)19(12-15(17)18(21)22)10-11-23-13-6-2-1-3-7-13/h1-9,12H,10-11H2,(H,21,22). The molecule has 5 nitrogen and oxygen atoms in total. The zero-order valence-corrected chi connectivity index (χ0v) is 12.3. The fourth-order valence-corrected chi connectivity index (χ4v) is 2.46. The topological polar surface area (TPSA) is 68.5 Å². The fraction of sp³-hybridized carbons (Fsp3) is 0.111. The Morgan fingerprint density at radius 1 is 1.04 bits per heavy atom. The van der Waals surface area contributed by atoms with Crippen LogP contribution in [0.1, 0.15) is 10.4 Å². The predicted molar refractivity (Wildman–Crippen MR) is 87.1 cm³/mol. The highest BCUT2D eigenvalue weighted by Crippen LogP contribution is 2.13. The molecule has 23 heavy (non-hydrogen) atoms. The van der Waals surface area contributed by atoms with Gasteiger partial charge in [-0.15, -0.1) is 0 Å². The third-order valence-electron chi connectivity index (χ3n) is 3.56. The van der Waals surface area contributed by atoms with E-state index in [9.17, 15) is 14.7 Å². The minimum absolute atomic E-state index is 0.233. The average molecular weight is 309 g/mol. The monoisotopic (exact) mass is 309 g/mol. The van der Waals surface area contributed by atoms with Gasteiger partial charge in [-0.1, -0.05) is 30.3 Å². The number of rotatable bonds is 5. The van der Waals surface area contributed by atoms with Crippen LogP contribution in [0.5, 0.6) is 5.75 Å². The highest BCUT2D eigenvalue weighted by Gasteiger charge is 2.13. The summed E-state index contributed by atoms with van der Waals surface area (Å²) in [5.74, 6) is -0.477. The molecule has 0 saturated heterocycles. The predicted octanol–water partition coefficient (Wildman–Crippen LogP) is 2.78. The van der Waals surface area contributed by atoms with Crippen LogP contribution in [0.4, 0.5) is 0 Å². The molecule has 0 amide bonds. The van der Waals surface area contributed by atoms with Crippen molar-refractivity contribution >= 4 is 16.9 Å². The van der Waals surface area contributed by atoms with Gasteiger partial charge in [0.05, 0.1) is 12.1 Å². The number of para-hydroxylation sites is 2. The molecule has 1 aromatic heterocycles. The van der Waals surface area contributed by atoms with Gasteiger partial charge in [-0.2, -0.15) is 0 Å². The number of hydrogen-bond donors (Lipinski definition) is 1. The van der Waals surface area contributed by atoms with Gasteiger partial charge < -0.3 is 14.4 Å². The van der Waals surface area contributed by atoms with Gasteiger partial charge in [0.25, 0.3) is 0 Å². The van der Waals surface area contributed by atoms with E-state index >= 15 is 0 Å². The lowest BCUT2D eigenvalue weighted by molar-refractivity contribution is 0.0694. The van der Waals surface area contributed by atoms with Crippen LogP contribution in [0.3, 0.4) is 0 Å². The van der Waals surface area contributed by atoms with Crippen molar-refractivity contribution < 1.29 is 14.6 Å². The summed E-state index contributed by atoms with van der Waals surface area (Å²) in [7, 11) is 0. The summed E-state index contributed by atoms with van der Waals surface area (Å²) >= 11 is 0. The van der Waals surface area contributed by atoms with Crippen molar-refractivity contribution in [2.24, 2.45) is 0 Å². The molecule has 1 heterocycles. The van der Waals surface area contributed by atoms with E-state index in [1.54, 1.807) is 22.8 Å². The van der Waals surface area contributed by atoms with Gasteiger partial charge in [0.2, 0.25) is 5.43 Å². The Kier molecular flexibility index (Phi) is 4.10. The first-order valence-corrected chi connectivity index (χ1v) is 7.20. The minimum Gasteiger partial charge on any atom is -0.492 e. The number of benzene rings is 2. The Labute approximate surface area is 132 Å². The molecule has 0 bridgehead atoms. The van der Waals surface area contributed by atoms with E-state index in [4.69, 9.17) is 4.74 Å². The van der Waals surface area contributed by atoms with E-state index in [1.807, 2.05) is 36.4 Å². The Hall–Kier alpha value is -3.08. The van der Waals surface area contributed by atoms with Crippen LogP contribution in [0.25, 0.3) is 10.9 Å². The van der Waals surface area contributed by atoms with E-state index in [-0.39, 0.29) is 5.56 Å². The van der Waals surface area contributed by atoms with E-state index in [0.29, 0.717) is 24.1 Å². The second-order valence-corrected chi connectivity index (χ2v) is 5.05. The molecule has 116 valence electrons. The molecule has 0 aliphatic rings. The SMILES string of the molecule is O=C(O)c1cn(CCOc2ccccc2)c2ccccc2c1=O. The van der Waals surface area contributed by atoms with Gasteiger partial charge in [0, 0.05) is 11.6 Å². The molecular weight excluding hydrogens is 294 g/mol. The van der Waals surface area contributed by atoms with E-state index < -0.39 is 11.4 Å². The number of carboxylic acids is 1. The number of carbonyl (C=O) groups is 1. The Balaban J connectivity index is 1.92. The number of nitrogens with zero attached hydrogens (tertiary/aromatic N) is 1. The van der Waals surface area contributed by atoms with Crippen molar-refractivity contribution in [1.29, 1.82) is 0 Å². The molecule has 0 aliphatic carbocycles. The van der Waals surface area contributed by atoms with Crippen molar-refractivity contribution in [2.75, 3.05) is 6.61 Å². The van der Waals surface area contributed by atoms with Crippen LogP contribution in [0.15, 0.2) is 65.6 Å². The van der Waals surface area contributed by atoms with E-state index in [1.165, 1.54) is 6.20 Å². The quantitative estimate of drug-likeness (QED) is 0.787. The Morgan fingerprint density at radius 3 is 2.48 bits per heavy atom. The normalized spacial score (nSPS) is 10.6. The molecule has 3 rings (SSSR count). The van der Waals surface area contributed by atoms with Crippen molar-refractivity contribution in [3.05, 3.63) is 76.6 Å². The molecule has 0 atom stereocenters. The molecule has 0 spiro atoms. The van der Waals surface area contributed by atoms with E-state index in [2.05, 4.69) is 0 Å². The third kappa shape index (κ3) is 3.08. The first kappa shape index (κ1) is 14.8. The molecule has 5 heteroatoms. The van der Waals surface area contributed by atoms with Crippen LogP contribution >= 0.6 is 0 Å². The molecule has 1 N–H and O–H groups in total. The second-order valence-electron chi connectivity index (χ2n) is 5.05. The lowest BCUT2D eigenvalue weighted by Gasteiger charge is -2.13. The van der Waals surface area contributed by atoms with Gasteiger partial charge in [-0.3, -0.25) is 4.79 Å². The molecule has 0 radical (unpaired) electrons. The molecule has 0 aliphatic heterocycles. The van der Waals surface area contributed by atoms with Gasteiger partial charge in [-0.25, -0.2) is 4.79 Å². The maximum absolute atomic E-state index is 12.2. The summed E-state index contributed by atoms with van der Waals surface area (Å²) in [6, 6.07) is 16.3. The number of fused-ring (bicyclic) bond motifs is 1. The molecular formula is C18H15NO4. The van der Waals surface area contributed by atoms with Gasteiger partial charge in [0.15, 0.2) is 0 Å². The van der Waals surface area contributed by atoms with Crippen molar-refractivity contribution in [2.45, 2.75) is 6.54 Å². The van der Waals surface area contributed by atoms with Gasteiger partial charge in [0.1, 0.15) is 17.9 Å². The summed E-state index contributed by atoms with van der Waals surface area (Å²) < 4.78 is 7.38. The van der Waals surface area contributed by atoms with Crippen LogP contribution in [0, 0.1) is 0 Å². The first-order valence-electron chi connectivity index (χ1n) is 7.20. The summed E-state index contributed by atoms with van der Waals surface area (Å²) in [6.07, 6.45) is 1.38. The summed E-state index contributed by atoms with van der Waals surface area (Å²) in [6.45, 7) is 0.811. The number of carboxylic acid groups (broad SMARTS) is 1. The number of ether oxygens (including phenoxy) is 1. The smallest absolute Gasteiger partial charge is 0.341 e. The summed E-state index contributed by atoms with van der Waals surface area (Å²) in [4.78, 5) is 23.5. The fourth-order valence-electron chi connectivity index (χ4n) is 2.46. The molecule has 2 aromatic carbocycles. The molecule has 3 aromatic rings. The zero-order chi connectivity index (χ0) is 16.2. The van der Waals surface area contributed by atoms with Crippen LogP contribution in [-0.2, 0) is 6.54 Å². The number of pyridine rings is 1.